The fraction of sp³-hybridized carbons (Fsp3) is 0.435. The van der Waals surface area contributed by atoms with Gasteiger partial charge >= 0.3 is 0 Å². The van der Waals surface area contributed by atoms with Gasteiger partial charge in [0.1, 0.15) is 0 Å². The lowest BCUT2D eigenvalue weighted by Crippen LogP contribution is -2.14. The fourth-order valence-electron chi connectivity index (χ4n) is 3.64. The molecule has 2 aliphatic rings. The number of aliphatic imine (C=N–C) groups is 1. The van der Waals surface area contributed by atoms with Crippen molar-refractivity contribution in [2.75, 3.05) is 0 Å². The standard InChI is InChI=1S/C23H27N/c1-5-18-9-6-7-12-23(18)24-17(4)22-15-20(16(2)3)13-14-21(22)19-10-8-11-19/h1,13-15,19H,2,6-12H2,3-4H3. The molecule has 2 aliphatic carbocycles. The van der Waals surface area contributed by atoms with E-state index in [-0.39, 0.29) is 0 Å². The minimum absolute atomic E-state index is 0.691. The zero-order valence-electron chi connectivity index (χ0n) is 15.0. The molecule has 1 fully saturated rings. The van der Waals surface area contributed by atoms with Crippen LogP contribution in [0.15, 0.2) is 41.0 Å². The van der Waals surface area contributed by atoms with E-state index in [1.807, 2.05) is 0 Å². The molecule has 1 nitrogen and oxygen atoms in total. The molecule has 124 valence electrons. The molecule has 24 heavy (non-hydrogen) atoms. The van der Waals surface area contributed by atoms with Crippen LogP contribution in [-0.4, -0.2) is 5.71 Å². The smallest absolute Gasteiger partial charge is 0.0522 e. The molecular formula is C23H27N. The largest absolute Gasteiger partial charge is 0.257 e. The Balaban J connectivity index is 2.04. The summed E-state index contributed by atoms with van der Waals surface area (Å²) in [5, 5.41) is 0. The highest BCUT2D eigenvalue weighted by molar-refractivity contribution is 6.01. The van der Waals surface area contributed by atoms with Gasteiger partial charge in [0.05, 0.1) is 5.70 Å². The minimum Gasteiger partial charge on any atom is -0.257 e. The molecule has 0 unspecified atom stereocenters. The van der Waals surface area contributed by atoms with Gasteiger partial charge in [0, 0.05) is 11.3 Å². The van der Waals surface area contributed by atoms with E-state index in [1.54, 1.807) is 0 Å². The summed E-state index contributed by atoms with van der Waals surface area (Å²) in [5.41, 5.74) is 8.37. The van der Waals surface area contributed by atoms with Gasteiger partial charge in [0.25, 0.3) is 0 Å². The Kier molecular flexibility index (Phi) is 5.05. The molecule has 0 amide bonds. The second-order valence-electron chi connectivity index (χ2n) is 7.18. The lowest BCUT2D eigenvalue weighted by Gasteiger charge is -2.28. The molecule has 0 atom stereocenters. The van der Waals surface area contributed by atoms with Gasteiger partial charge in [0.15, 0.2) is 0 Å². The third-order valence-electron chi connectivity index (χ3n) is 5.40. The first-order valence-corrected chi connectivity index (χ1v) is 9.14. The molecule has 1 aromatic carbocycles. The lowest BCUT2D eigenvalue weighted by molar-refractivity contribution is 0.419. The van der Waals surface area contributed by atoms with Crippen LogP contribution in [0, 0.1) is 12.3 Å². The van der Waals surface area contributed by atoms with Crippen LogP contribution in [0.25, 0.3) is 5.57 Å². The highest BCUT2D eigenvalue weighted by Gasteiger charge is 2.23. The van der Waals surface area contributed by atoms with Crippen molar-refractivity contribution in [1.82, 2.24) is 0 Å². The van der Waals surface area contributed by atoms with Crippen LogP contribution < -0.4 is 0 Å². The summed E-state index contributed by atoms with van der Waals surface area (Å²) in [4.78, 5) is 4.98. The molecular weight excluding hydrogens is 290 g/mol. The topological polar surface area (TPSA) is 12.4 Å². The number of hydrogen-bond acceptors (Lipinski definition) is 1. The maximum atomic E-state index is 5.69. The van der Waals surface area contributed by atoms with Crippen molar-refractivity contribution in [2.45, 2.75) is 64.7 Å². The number of rotatable bonds is 4. The van der Waals surface area contributed by atoms with Crippen molar-refractivity contribution in [3.05, 3.63) is 52.7 Å². The molecule has 0 radical (unpaired) electrons. The first-order valence-electron chi connectivity index (χ1n) is 9.14. The Morgan fingerprint density at radius 3 is 2.54 bits per heavy atom. The summed E-state index contributed by atoms with van der Waals surface area (Å²) < 4.78 is 0. The van der Waals surface area contributed by atoms with Crippen LogP contribution in [-0.2, 0) is 0 Å². The quantitative estimate of drug-likeness (QED) is 0.459. The maximum Gasteiger partial charge on any atom is 0.0522 e. The van der Waals surface area contributed by atoms with E-state index in [0.29, 0.717) is 5.92 Å². The van der Waals surface area contributed by atoms with E-state index >= 15 is 0 Å². The number of hydrogen-bond donors (Lipinski definition) is 0. The average molecular weight is 317 g/mol. The van der Waals surface area contributed by atoms with E-state index in [9.17, 15) is 0 Å². The minimum atomic E-state index is 0.691. The van der Waals surface area contributed by atoms with E-state index in [1.165, 1.54) is 48.8 Å². The van der Waals surface area contributed by atoms with Gasteiger partial charge in [-0.05, 0) is 81.0 Å². The zero-order chi connectivity index (χ0) is 17.1. The Hall–Kier alpha value is -2.07. The van der Waals surface area contributed by atoms with Crippen LogP contribution in [0.4, 0.5) is 0 Å². The Bertz CT molecular complexity index is 751. The summed E-state index contributed by atoms with van der Waals surface area (Å²) in [7, 11) is 0. The van der Waals surface area contributed by atoms with Gasteiger partial charge < -0.3 is 0 Å². The molecule has 0 spiro atoms. The van der Waals surface area contributed by atoms with Crippen LogP contribution >= 0.6 is 0 Å². The molecule has 0 bridgehead atoms. The van der Waals surface area contributed by atoms with Crippen LogP contribution in [0.5, 0.6) is 0 Å². The number of terminal acetylenes is 1. The molecule has 1 heteroatoms. The van der Waals surface area contributed by atoms with Crippen LogP contribution in [0.3, 0.4) is 0 Å². The summed E-state index contributed by atoms with van der Waals surface area (Å²) in [6.07, 6.45) is 14.0. The van der Waals surface area contributed by atoms with E-state index in [2.05, 4.69) is 44.5 Å². The Labute approximate surface area is 146 Å². The summed E-state index contributed by atoms with van der Waals surface area (Å²) in [6, 6.07) is 6.77. The monoisotopic (exact) mass is 317 g/mol. The molecule has 0 saturated heterocycles. The summed E-state index contributed by atoms with van der Waals surface area (Å²) in [5.74, 6) is 3.55. The summed E-state index contributed by atoms with van der Waals surface area (Å²) in [6.45, 7) is 8.30. The van der Waals surface area contributed by atoms with Gasteiger partial charge in [-0.15, -0.1) is 6.42 Å². The third-order valence-corrected chi connectivity index (χ3v) is 5.40. The first-order chi connectivity index (χ1) is 11.6. The second-order valence-corrected chi connectivity index (χ2v) is 7.18. The van der Waals surface area contributed by atoms with Crippen molar-refractivity contribution in [2.24, 2.45) is 4.99 Å². The van der Waals surface area contributed by atoms with E-state index in [0.717, 1.165) is 35.4 Å². The molecule has 3 rings (SSSR count). The molecule has 0 N–H and O–H groups in total. The number of benzene rings is 1. The third kappa shape index (κ3) is 3.39. The predicted molar refractivity (Wildman–Crippen MR) is 104 cm³/mol. The van der Waals surface area contributed by atoms with Crippen molar-refractivity contribution >= 4 is 11.3 Å². The maximum absolute atomic E-state index is 5.69. The predicted octanol–water partition coefficient (Wildman–Crippen LogP) is 6.26. The molecule has 0 aliphatic heterocycles. The van der Waals surface area contributed by atoms with Gasteiger partial charge in [-0.2, -0.15) is 0 Å². The van der Waals surface area contributed by atoms with Crippen LogP contribution in [0.1, 0.15) is 81.4 Å². The molecule has 0 heterocycles. The van der Waals surface area contributed by atoms with Crippen molar-refractivity contribution in [3.63, 3.8) is 0 Å². The summed E-state index contributed by atoms with van der Waals surface area (Å²) >= 11 is 0. The van der Waals surface area contributed by atoms with Crippen molar-refractivity contribution < 1.29 is 0 Å². The lowest BCUT2D eigenvalue weighted by atomic mass is 9.77. The number of nitrogens with zero attached hydrogens (tertiary/aromatic N) is 1. The molecule has 1 aromatic rings. The zero-order valence-corrected chi connectivity index (χ0v) is 15.0. The molecule has 1 saturated carbocycles. The van der Waals surface area contributed by atoms with Gasteiger partial charge in [0.2, 0.25) is 0 Å². The van der Waals surface area contributed by atoms with Gasteiger partial charge in [-0.25, -0.2) is 0 Å². The second kappa shape index (κ2) is 7.22. The first kappa shape index (κ1) is 16.8. The van der Waals surface area contributed by atoms with Crippen molar-refractivity contribution in [3.8, 4) is 12.3 Å². The highest BCUT2D eigenvalue weighted by atomic mass is 14.8. The highest BCUT2D eigenvalue weighted by Crippen LogP contribution is 2.39. The van der Waals surface area contributed by atoms with E-state index < -0.39 is 0 Å². The Morgan fingerprint density at radius 2 is 1.92 bits per heavy atom. The SMILES string of the molecule is C#CC1=C(N=C(C)c2cc(C(=C)C)ccc2C2CCC2)CCCC1. The van der Waals surface area contributed by atoms with Crippen LogP contribution in [0.2, 0.25) is 0 Å². The number of allylic oxidation sites excluding steroid dienone is 3. The van der Waals surface area contributed by atoms with E-state index in [4.69, 9.17) is 11.4 Å². The molecule has 0 aromatic heterocycles. The fourth-order valence-corrected chi connectivity index (χ4v) is 3.64. The normalized spacial score (nSPS) is 19.0. The Morgan fingerprint density at radius 1 is 1.17 bits per heavy atom. The van der Waals surface area contributed by atoms with Gasteiger partial charge in [-0.1, -0.05) is 36.6 Å². The van der Waals surface area contributed by atoms with Gasteiger partial charge in [-0.3, -0.25) is 4.99 Å². The van der Waals surface area contributed by atoms with Crippen molar-refractivity contribution in [1.29, 1.82) is 0 Å². The average Bonchev–Trinajstić information content (AvgIpc) is 2.53.